The molecule has 1 amide bonds. The van der Waals surface area contributed by atoms with E-state index in [-0.39, 0.29) is 29.8 Å². The topological polar surface area (TPSA) is 83.9 Å². The van der Waals surface area contributed by atoms with Crippen molar-refractivity contribution < 1.29 is 18.0 Å². The number of aromatic nitrogens is 4. The first-order valence-corrected chi connectivity index (χ1v) is 9.82. The fourth-order valence-electron chi connectivity index (χ4n) is 3.73. The first kappa shape index (κ1) is 20.0. The molecule has 3 heterocycles. The lowest BCUT2D eigenvalue weighted by Gasteiger charge is -2.16. The van der Waals surface area contributed by atoms with Crippen LogP contribution in [0.4, 0.5) is 13.2 Å². The van der Waals surface area contributed by atoms with Crippen molar-refractivity contribution in [2.75, 3.05) is 13.1 Å². The maximum atomic E-state index is 13.5. The molecule has 5 rings (SSSR count). The van der Waals surface area contributed by atoms with E-state index in [4.69, 9.17) is 0 Å². The number of nitrogens with one attached hydrogen (secondary N) is 1. The van der Waals surface area contributed by atoms with Crippen LogP contribution in [-0.2, 0) is 0 Å². The minimum Gasteiger partial charge on any atom is -0.332 e. The van der Waals surface area contributed by atoms with Crippen LogP contribution in [0.2, 0.25) is 0 Å². The lowest BCUT2D eigenvalue weighted by atomic mass is 10.1. The van der Waals surface area contributed by atoms with Crippen LogP contribution < -0.4 is 5.56 Å². The lowest BCUT2D eigenvalue weighted by molar-refractivity contribution is 0.0120. The third kappa shape index (κ3) is 3.64. The van der Waals surface area contributed by atoms with Crippen LogP contribution in [0.25, 0.3) is 27.8 Å². The molecule has 32 heavy (non-hydrogen) atoms. The highest BCUT2D eigenvalue weighted by Gasteiger charge is 2.40. The van der Waals surface area contributed by atoms with Gasteiger partial charge >= 0.3 is 0 Å². The van der Waals surface area contributed by atoms with Crippen molar-refractivity contribution in [2.24, 2.45) is 0 Å². The number of carbonyl (C=O) groups excluding carboxylic acids is 1. The van der Waals surface area contributed by atoms with E-state index in [1.54, 1.807) is 18.2 Å². The summed E-state index contributed by atoms with van der Waals surface area (Å²) in [5.41, 5.74) is 1.49. The Morgan fingerprint density at radius 3 is 2.59 bits per heavy atom. The van der Waals surface area contributed by atoms with E-state index in [0.717, 1.165) is 4.90 Å². The van der Waals surface area contributed by atoms with E-state index in [1.807, 2.05) is 0 Å². The molecule has 0 radical (unpaired) electrons. The molecular weight excluding hydrogens is 423 g/mol. The average molecular weight is 439 g/mol. The minimum atomic E-state index is -2.85. The molecule has 1 saturated heterocycles. The first-order valence-electron chi connectivity index (χ1n) is 9.82. The molecule has 1 N–H and O–H groups in total. The van der Waals surface area contributed by atoms with Crippen LogP contribution >= 0.6 is 0 Å². The fraction of sp³-hybridized carbons (Fsp3) is 0.182. The third-order valence-corrected chi connectivity index (χ3v) is 5.41. The number of fused-ring (bicyclic) bond motifs is 1. The van der Waals surface area contributed by atoms with Gasteiger partial charge in [-0.2, -0.15) is 0 Å². The molecule has 1 aliphatic heterocycles. The summed E-state index contributed by atoms with van der Waals surface area (Å²) in [6, 6.07) is 11.9. The lowest BCUT2D eigenvalue weighted by Crippen LogP contribution is -2.31. The Labute approximate surface area is 179 Å². The second-order valence-corrected chi connectivity index (χ2v) is 7.67. The number of nitrogens with zero attached hydrogens (tertiary/aromatic N) is 4. The van der Waals surface area contributed by atoms with Gasteiger partial charge in [0, 0.05) is 29.4 Å². The van der Waals surface area contributed by atoms with Crippen LogP contribution in [0.1, 0.15) is 16.8 Å². The smallest absolute Gasteiger partial charge is 0.267 e. The monoisotopic (exact) mass is 439 g/mol. The number of alkyl halides is 2. The third-order valence-electron chi connectivity index (χ3n) is 5.41. The Balaban J connectivity index is 1.40. The zero-order valence-electron chi connectivity index (χ0n) is 16.6. The summed E-state index contributed by atoms with van der Waals surface area (Å²) < 4.78 is 41.7. The number of halogens is 3. The molecule has 0 atom stereocenters. The predicted molar refractivity (Wildman–Crippen MR) is 110 cm³/mol. The van der Waals surface area contributed by atoms with Gasteiger partial charge in [-0.15, -0.1) is 5.10 Å². The molecule has 0 saturated carbocycles. The van der Waals surface area contributed by atoms with Crippen LogP contribution in [-0.4, -0.2) is 49.8 Å². The number of hydrogen-bond donors (Lipinski definition) is 1. The maximum absolute atomic E-state index is 13.5. The van der Waals surface area contributed by atoms with Gasteiger partial charge in [-0.3, -0.25) is 9.59 Å². The van der Waals surface area contributed by atoms with E-state index in [1.165, 1.54) is 41.2 Å². The molecular formula is C22H16F3N5O2. The van der Waals surface area contributed by atoms with E-state index in [2.05, 4.69) is 15.3 Å². The summed E-state index contributed by atoms with van der Waals surface area (Å²) in [7, 11) is 0. The standard InChI is InChI=1S/C22H16F3N5O2/c23-15-3-6-18-14(9-15)10-17(20(31)26-18)19-11-30(28-27-19)16-4-1-13(2-5-16)21(32)29-8-7-22(24,25)12-29/h1-6,9-11H,7-8,12H2,(H,26,31). The molecule has 10 heteroatoms. The molecule has 0 unspecified atom stereocenters. The Kier molecular flexibility index (Phi) is 4.58. The zero-order valence-corrected chi connectivity index (χ0v) is 16.6. The number of pyridine rings is 1. The SMILES string of the molecule is O=C(c1ccc(-n2cc(-c3cc4cc(F)ccc4[nH]c3=O)nn2)cc1)N1CCC(F)(F)C1. The van der Waals surface area contributed by atoms with Gasteiger partial charge in [-0.25, -0.2) is 17.9 Å². The van der Waals surface area contributed by atoms with Crippen LogP contribution in [0.5, 0.6) is 0 Å². The van der Waals surface area contributed by atoms with Crippen molar-refractivity contribution in [3.05, 3.63) is 76.5 Å². The summed E-state index contributed by atoms with van der Waals surface area (Å²) in [5, 5.41) is 8.57. The highest BCUT2D eigenvalue weighted by atomic mass is 19.3. The van der Waals surface area contributed by atoms with Crippen LogP contribution in [0.15, 0.2) is 59.5 Å². The highest BCUT2D eigenvalue weighted by molar-refractivity contribution is 5.94. The van der Waals surface area contributed by atoms with Gasteiger partial charge in [-0.1, -0.05) is 5.21 Å². The van der Waals surface area contributed by atoms with Crippen molar-refractivity contribution >= 4 is 16.8 Å². The van der Waals surface area contributed by atoms with Crippen molar-refractivity contribution in [2.45, 2.75) is 12.3 Å². The number of H-pyrrole nitrogens is 1. The number of likely N-dealkylation sites (tertiary alicyclic amines) is 1. The van der Waals surface area contributed by atoms with Crippen molar-refractivity contribution in [3.63, 3.8) is 0 Å². The second-order valence-electron chi connectivity index (χ2n) is 7.67. The maximum Gasteiger partial charge on any atom is 0.267 e. The van der Waals surface area contributed by atoms with Gasteiger partial charge in [0.05, 0.1) is 24.0 Å². The molecule has 0 aliphatic carbocycles. The van der Waals surface area contributed by atoms with Crippen molar-refractivity contribution in [3.8, 4) is 16.9 Å². The summed E-state index contributed by atoms with van der Waals surface area (Å²) in [5.74, 6) is -3.73. The van der Waals surface area contributed by atoms with E-state index < -0.39 is 24.2 Å². The highest BCUT2D eigenvalue weighted by Crippen LogP contribution is 2.28. The van der Waals surface area contributed by atoms with Crippen molar-refractivity contribution in [1.29, 1.82) is 0 Å². The number of amides is 1. The average Bonchev–Trinajstić information content (AvgIpc) is 3.40. The molecule has 1 aliphatic rings. The number of hydrogen-bond acceptors (Lipinski definition) is 4. The number of aromatic amines is 1. The minimum absolute atomic E-state index is 0.0181. The first-order chi connectivity index (χ1) is 15.3. The Hall–Kier alpha value is -3.95. The molecule has 0 spiro atoms. The number of benzene rings is 2. The van der Waals surface area contributed by atoms with E-state index >= 15 is 0 Å². The summed E-state index contributed by atoms with van der Waals surface area (Å²) >= 11 is 0. The van der Waals surface area contributed by atoms with E-state index in [0.29, 0.717) is 22.2 Å². The van der Waals surface area contributed by atoms with Gasteiger partial charge < -0.3 is 9.88 Å². The van der Waals surface area contributed by atoms with E-state index in [9.17, 15) is 22.8 Å². The van der Waals surface area contributed by atoms with Gasteiger partial charge in [0.15, 0.2) is 0 Å². The normalized spacial score (nSPS) is 15.4. The fourth-order valence-corrected chi connectivity index (χ4v) is 3.73. The Morgan fingerprint density at radius 1 is 1.09 bits per heavy atom. The number of rotatable bonds is 3. The summed E-state index contributed by atoms with van der Waals surface area (Å²) in [6.45, 7) is -0.561. The largest absolute Gasteiger partial charge is 0.332 e. The van der Waals surface area contributed by atoms with Gasteiger partial charge in [0.2, 0.25) is 0 Å². The van der Waals surface area contributed by atoms with Gasteiger partial charge in [-0.05, 0) is 48.5 Å². The number of carbonyl (C=O) groups is 1. The summed E-state index contributed by atoms with van der Waals surface area (Å²) in [6.07, 6.45) is 1.20. The Morgan fingerprint density at radius 2 is 1.88 bits per heavy atom. The van der Waals surface area contributed by atoms with Gasteiger partial charge in [0.1, 0.15) is 11.5 Å². The molecule has 7 nitrogen and oxygen atoms in total. The van der Waals surface area contributed by atoms with Gasteiger partial charge in [0.25, 0.3) is 17.4 Å². The molecule has 4 aromatic rings. The molecule has 1 fully saturated rings. The molecule has 2 aromatic heterocycles. The molecule has 162 valence electrons. The summed E-state index contributed by atoms with van der Waals surface area (Å²) in [4.78, 5) is 28.7. The quantitative estimate of drug-likeness (QED) is 0.531. The predicted octanol–water partition coefficient (Wildman–Crippen LogP) is 3.40. The van der Waals surface area contributed by atoms with Crippen LogP contribution in [0.3, 0.4) is 0 Å². The Bertz CT molecular complexity index is 1390. The molecule has 2 aromatic carbocycles. The van der Waals surface area contributed by atoms with Crippen LogP contribution in [0, 0.1) is 5.82 Å². The second kappa shape index (κ2) is 7.33. The zero-order chi connectivity index (χ0) is 22.5. The molecule has 0 bridgehead atoms. The van der Waals surface area contributed by atoms with Crippen molar-refractivity contribution in [1.82, 2.24) is 24.9 Å².